The lowest BCUT2D eigenvalue weighted by Gasteiger charge is -2.34. The second-order valence-electron chi connectivity index (χ2n) is 4.65. The Hall–Kier alpha value is -0.990. The number of fused-ring (bicyclic) bond motifs is 1. The smallest absolute Gasteiger partial charge is 0.211 e. The molecular formula is C10H16N2O. The molecule has 1 aromatic rings. The van der Waals surface area contributed by atoms with E-state index < -0.39 is 0 Å². The number of rotatable bonds is 0. The molecule has 3 nitrogen and oxygen atoms in total. The fourth-order valence-corrected chi connectivity index (χ4v) is 1.64. The highest BCUT2D eigenvalue weighted by molar-refractivity contribution is 5.10. The molecule has 0 fully saturated rings. The van der Waals surface area contributed by atoms with Gasteiger partial charge in [0.1, 0.15) is 6.10 Å². The van der Waals surface area contributed by atoms with Crippen molar-refractivity contribution in [2.75, 3.05) is 0 Å². The summed E-state index contributed by atoms with van der Waals surface area (Å²) in [6, 6.07) is 1.93. The maximum Gasteiger partial charge on any atom is 0.211 e. The molecule has 0 aromatic carbocycles. The fraction of sp³-hybridized carbons (Fsp3) is 0.700. The topological polar surface area (TPSA) is 27.1 Å². The molecule has 1 unspecified atom stereocenters. The summed E-state index contributed by atoms with van der Waals surface area (Å²) in [7, 11) is 0. The van der Waals surface area contributed by atoms with Gasteiger partial charge in [-0.2, -0.15) is 5.10 Å². The largest absolute Gasteiger partial charge is 0.474 e. The van der Waals surface area contributed by atoms with Crippen LogP contribution < -0.4 is 4.74 Å². The van der Waals surface area contributed by atoms with E-state index in [0.717, 1.165) is 18.8 Å². The van der Waals surface area contributed by atoms with Crippen LogP contribution in [0.4, 0.5) is 0 Å². The third kappa shape index (κ3) is 1.55. The fourth-order valence-electron chi connectivity index (χ4n) is 1.64. The van der Waals surface area contributed by atoms with Gasteiger partial charge in [-0.05, 0) is 5.41 Å². The van der Waals surface area contributed by atoms with E-state index in [2.05, 4.69) is 25.9 Å². The number of hydrogen-bond donors (Lipinski definition) is 0. The Morgan fingerprint density at radius 1 is 1.54 bits per heavy atom. The number of nitrogens with zero attached hydrogens (tertiary/aromatic N) is 2. The van der Waals surface area contributed by atoms with Gasteiger partial charge in [-0.25, -0.2) is 4.68 Å². The van der Waals surface area contributed by atoms with E-state index >= 15 is 0 Å². The average Bonchev–Trinajstić information content (AvgIpc) is 2.47. The molecule has 72 valence electrons. The molecule has 0 saturated carbocycles. The number of aryl methyl sites for hydroxylation is 1. The molecule has 0 aliphatic carbocycles. The standard InChI is InChI=1S/C10H16N2O/c1-10(2,3)8-5-7-12-9(13-8)4-6-11-12/h4,6,8H,5,7H2,1-3H3. The first-order chi connectivity index (χ1) is 6.07. The van der Waals surface area contributed by atoms with Gasteiger partial charge >= 0.3 is 0 Å². The Morgan fingerprint density at radius 2 is 2.31 bits per heavy atom. The van der Waals surface area contributed by atoms with Crippen molar-refractivity contribution in [3.8, 4) is 5.88 Å². The van der Waals surface area contributed by atoms with Gasteiger partial charge < -0.3 is 4.74 Å². The normalized spacial score (nSPS) is 22.2. The van der Waals surface area contributed by atoms with Crippen LogP contribution in [0.1, 0.15) is 27.2 Å². The molecule has 1 aromatic heterocycles. The van der Waals surface area contributed by atoms with Crippen molar-refractivity contribution in [1.29, 1.82) is 0 Å². The van der Waals surface area contributed by atoms with Crippen LogP contribution in [-0.4, -0.2) is 15.9 Å². The van der Waals surface area contributed by atoms with Crippen LogP contribution in [0.15, 0.2) is 12.3 Å². The summed E-state index contributed by atoms with van der Waals surface area (Å²) in [6.45, 7) is 7.61. The summed E-state index contributed by atoms with van der Waals surface area (Å²) in [5.41, 5.74) is 0.218. The lowest BCUT2D eigenvalue weighted by molar-refractivity contribution is 0.0428. The molecule has 1 aliphatic heterocycles. The molecule has 0 radical (unpaired) electrons. The molecule has 13 heavy (non-hydrogen) atoms. The average molecular weight is 180 g/mol. The molecule has 0 spiro atoms. The number of aromatic nitrogens is 2. The summed E-state index contributed by atoms with van der Waals surface area (Å²) in [4.78, 5) is 0. The van der Waals surface area contributed by atoms with Crippen LogP contribution in [0.2, 0.25) is 0 Å². The second kappa shape index (κ2) is 2.76. The van der Waals surface area contributed by atoms with E-state index in [1.54, 1.807) is 6.20 Å². The number of hydrogen-bond acceptors (Lipinski definition) is 2. The third-order valence-corrected chi connectivity index (χ3v) is 2.51. The second-order valence-corrected chi connectivity index (χ2v) is 4.65. The van der Waals surface area contributed by atoms with Crippen molar-refractivity contribution in [3.05, 3.63) is 12.3 Å². The van der Waals surface area contributed by atoms with Crippen molar-refractivity contribution in [1.82, 2.24) is 9.78 Å². The molecular weight excluding hydrogens is 164 g/mol. The maximum absolute atomic E-state index is 5.84. The minimum Gasteiger partial charge on any atom is -0.474 e. The van der Waals surface area contributed by atoms with Gasteiger partial charge in [0, 0.05) is 19.0 Å². The summed E-state index contributed by atoms with van der Waals surface area (Å²) in [5.74, 6) is 0.908. The lowest BCUT2D eigenvalue weighted by atomic mass is 9.86. The van der Waals surface area contributed by atoms with E-state index in [1.165, 1.54) is 0 Å². The molecule has 2 rings (SSSR count). The minimum atomic E-state index is 0.218. The van der Waals surface area contributed by atoms with Crippen LogP contribution in [0.25, 0.3) is 0 Å². The molecule has 0 amide bonds. The molecule has 2 heterocycles. The van der Waals surface area contributed by atoms with Crippen LogP contribution in [-0.2, 0) is 6.54 Å². The highest BCUT2D eigenvalue weighted by Crippen LogP contribution is 2.30. The predicted octanol–water partition coefficient (Wildman–Crippen LogP) is 2.08. The van der Waals surface area contributed by atoms with Crippen molar-refractivity contribution in [2.45, 2.75) is 39.8 Å². The predicted molar refractivity (Wildman–Crippen MR) is 50.7 cm³/mol. The summed E-state index contributed by atoms with van der Waals surface area (Å²) < 4.78 is 7.76. The third-order valence-electron chi connectivity index (χ3n) is 2.51. The summed E-state index contributed by atoms with van der Waals surface area (Å²) in [6.07, 6.45) is 3.16. The van der Waals surface area contributed by atoms with E-state index in [0.29, 0.717) is 6.10 Å². The summed E-state index contributed by atoms with van der Waals surface area (Å²) >= 11 is 0. The van der Waals surface area contributed by atoms with E-state index in [-0.39, 0.29) is 5.41 Å². The first kappa shape index (κ1) is 8.60. The molecule has 3 heteroatoms. The zero-order chi connectivity index (χ0) is 9.47. The van der Waals surface area contributed by atoms with Gasteiger partial charge in [-0.1, -0.05) is 20.8 Å². The van der Waals surface area contributed by atoms with Crippen molar-refractivity contribution >= 4 is 0 Å². The molecule has 0 bridgehead atoms. The quantitative estimate of drug-likeness (QED) is 0.611. The van der Waals surface area contributed by atoms with Crippen molar-refractivity contribution < 1.29 is 4.74 Å². The number of ether oxygens (including phenoxy) is 1. The van der Waals surface area contributed by atoms with Gasteiger partial charge in [-0.3, -0.25) is 0 Å². The monoisotopic (exact) mass is 180 g/mol. The van der Waals surface area contributed by atoms with Gasteiger partial charge in [0.25, 0.3) is 0 Å². The molecule has 1 aliphatic rings. The van der Waals surface area contributed by atoms with Crippen LogP contribution >= 0.6 is 0 Å². The van der Waals surface area contributed by atoms with E-state index in [9.17, 15) is 0 Å². The van der Waals surface area contributed by atoms with Gasteiger partial charge in [0.15, 0.2) is 0 Å². The Bertz CT molecular complexity index is 298. The first-order valence-corrected chi connectivity index (χ1v) is 4.76. The van der Waals surface area contributed by atoms with Crippen LogP contribution in [0.5, 0.6) is 5.88 Å². The van der Waals surface area contributed by atoms with Gasteiger partial charge in [0.2, 0.25) is 5.88 Å². The highest BCUT2D eigenvalue weighted by atomic mass is 16.5. The van der Waals surface area contributed by atoms with Gasteiger partial charge in [-0.15, -0.1) is 0 Å². The highest BCUT2D eigenvalue weighted by Gasteiger charge is 2.30. The molecule has 1 atom stereocenters. The Balaban J connectivity index is 2.18. The first-order valence-electron chi connectivity index (χ1n) is 4.76. The van der Waals surface area contributed by atoms with Crippen molar-refractivity contribution in [2.24, 2.45) is 5.41 Å². The summed E-state index contributed by atoms with van der Waals surface area (Å²) in [5, 5.41) is 4.16. The Kier molecular flexibility index (Phi) is 1.82. The Labute approximate surface area is 78.7 Å². The molecule has 0 saturated heterocycles. The SMILES string of the molecule is CC(C)(C)C1CCn2nccc2O1. The van der Waals surface area contributed by atoms with Crippen LogP contribution in [0, 0.1) is 5.41 Å². The zero-order valence-corrected chi connectivity index (χ0v) is 8.45. The van der Waals surface area contributed by atoms with E-state index in [1.807, 2.05) is 10.7 Å². The maximum atomic E-state index is 5.84. The van der Waals surface area contributed by atoms with Gasteiger partial charge in [0.05, 0.1) is 6.20 Å². The zero-order valence-electron chi connectivity index (χ0n) is 8.45. The van der Waals surface area contributed by atoms with E-state index in [4.69, 9.17) is 4.74 Å². The Morgan fingerprint density at radius 3 is 3.00 bits per heavy atom. The van der Waals surface area contributed by atoms with Crippen LogP contribution in [0.3, 0.4) is 0 Å². The molecule has 0 N–H and O–H groups in total. The minimum absolute atomic E-state index is 0.218. The van der Waals surface area contributed by atoms with Crippen molar-refractivity contribution in [3.63, 3.8) is 0 Å². The lowest BCUT2D eigenvalue weighted by Crippen LogP contribution is -2.36.